The van der Waals surface area contributed by atoms with Crippen molar-refractivity contribution < 1.29 is 91.7 Å². The molecule has 0 saturated heterocycles. The van der Waals surface area contributed by atoms with Gasteiger partial charge in [-0.1, -0.05) is 0 Å². The molecule has 13 heavy (non-hydrogen) atoms. The van der Waals surface area contributed by atoms with Crippen molar-refractivity contribution in [3.05, 3.63) is 10.1 Å². The maximum atomic E-state index is 9.10. The summed E-state index contributed by atoms with van der Waals surface area (Å²) >= 11 is 0. The average molecular weight is 229 g/mol. The Bertz CT molecular complexity index is 144. The molecular formula is C2H5FKNO8. The van der Waals surface area contributed by atoms with Gasteiger partial charge in [-0.2, -0.15) is 0 Å². The molecule has 0 rings (SSSR count). The minimum Gasteiger partial charge on any atom is -0.870 e. The number of nitrogens with zero attached hydrogens (tertiary/aromatic N) is 1. The van der Waals surface area contributed by atoms with E-state index in [1.54, 1.807) is 0 Å². The predicted octanol–water partition coefficient (Wildman–Crippen LogP) is -4.21. The third-order valence-electron chi connectivity index (χ3n) is 0.183. The molecule has 0 fully saturated rings. The summed E-state index contributed by atoms with van der Waals surface area (Å²) in [5.41, 5.74) is 0. The number of aliphatic carboxylic acids is 2. The van der Waals surface area contributed by atoms with Gasteiger partial charge in [0, 0.05) is 0 Å². The maximum absolute atomic E-state index is 9.10. The van der Waals surface area contributed by atoms with Crippen LogP contribution >= 0.6 is 0 Å². The van der Waals surface area contributed by atoms with Crippen LogP contribution < -0.4 is 51.4 Å². The Balaban J connectivity index is -0.0000000279. The Labute approximate surface area is 113 Å². The van der Waals surface area contributed by atoms with E-state index in [2.05, 4.69) is 0 Å². The van der Waals surface area contributed by atoms with Crippen LogP contribution in [-0.2, 0) is 9.59 Å². The van der Waals surface area contributed by atoms with Crippen molar-refractivity contribution in [2.45, 2.75) is 0 Å². The number of rotatable bonds is 0. The molecular weight excluding hydrogens is 224 g/mol. The molecule has 0 spiro atoms. The summed E-state index contributed by atoms with van der Waals surface area (Å²) in [6.07, 6.45) is 0. The van der Waals surface area contributed by atoms with E-state index in [4.69, 9.17) is 35.1 Å². The van der Waals surface area contributed by atoms with Crippen LogP contribution in [0.5, 0.6) is 0 Å². The van der Waals surface area contributed by atoms with E-state index in [0.29, 0.717) is 0 Å². The second-order valence-electron chi connectivity index (χ2n) is 0.848. The van der Waals surface area contributed by atoms with Crippen molar-refractivity contribution in [2.24, 2.45) is 0 Å². The Morgan fingerprint density at radius 1 is 1.15 bits per heavy atom. The summed E-state index contributed by atoms with van der Waals surface area (Å²) in [5, 5.41) is 28.4. The molecule has 0 unspecified atom stereocenters. The Kier molecular flexibility index (Phi) is 39.9. The van der Waals surface area contributed by atoms with E-state index in [9.17, 15) is 0 Å². The molecule has 0 aromatic carbocycles. The first-order valence-corrected chi connectivity index (χ1v) is 1.67. The fourth-order valence-corrected chi connectivity index (χ4v) is 0. The van der Waals surface area contributed by atoms with Gasteiger partial charge in [-0.3, -0.25) is 4.70 Å². The van der Waals surface area contributed by atoms with E-state index in [0.717, 1.165) is 0 Å². The van der Waals surface area contributed by atoms with Crippen LogP contribution in [0.2, 0.25) is 0 Å². The van der Waals surface area contributed by atoms with Gasteiger partial charge in [-0.25, -0.2) is 9.59 Å². The Morgan fingerprint density at radius 3 is 1.23 bits per heavy atom. The summed E-state index contributed by atoms with van der Waals surface area (Å²) in [6.45, 7) is 0. The van der Waals surface area contributed by atoms with E-state index < -0.39 is 17.0 Å². The van der Waals surface area contributed by atoms with Gasteiger partial charge in [0.15, 0.2) is 0 Å². The SMILES string of the molecule is F.O=C(O)C(=O)O.O=[N+]([O-])O.[K+].[OH-]. The number of halogens is 1. The molecule has 11 heteroatoms. The molecule has 0 aliphatic carbocycles. The first-order chi connectivity index (χ1) is 4.37. The summed E-state index contributed by atoms with van der Waals surface area (Å²) in [6, 6.07) is 0. The maximum Gasteiger partial charge on any atom is 1.00 e. The number of carbonyl (C=O) groups is 2. The summed E-state index contributed by atoms with van der Waals surface area (Å²) in [5.74, 6) is -3.65. The second kappa shape index (κ2) is 17.7. The molecule has 4 N–H and O–H groups in total. The van der Waals surface area contributed by atoms with Gasteiger partial charge in [0.25, 0.3) is 5.09 Å². The zero-order valence-electron chi connectivity index (χ0n) is 6.28. The van der Waals surface area contributed by atoms with Crippen LogP contribution in [0, 0.1) is 10.1 Å². The van der Waals surface area contributed by atoms with Crippen molar-refractivity contribution in [1.82, 2.24) is 0 Å². The fraction of sp³-hybridized carbons (Fsp3) is 0. The fourth-order valence-electron chi connectivity index (χ4n) is 0. The minimum absolute atomic E-state index is 0. The number of hydrogen-bond acceptors (Lipinski definition) is 5. The van der Waals surface area contributed by atoms with Crippen LogP contribution in [0.15, 0.2) is 0 Å². The third kappa shape index (κ3) is 81.1. The number of hydrogen-bond donors (Lipinski definition) is 3. The molecule has 0 atom stereocenters. The Morgan fingerprint density at radius 2 is 1.23 bits per heavy atom. The zero-order valence-corrected chi connectivity index (χ0v) is 9.40. The Hall–Kier alpha value is -0.334. The summed E-state index contributed by atoms with van der Waals surface area (Å²) in [4.78, 5) is 26.6. The van der Waals surface area contributed by atoms with Crippen LogP contribution in [0.3, 0.4) is 0 Å². The first-order valence-electron chi connectivity index (χ1n) is 1.67. The average Bonchev–Trinajstić information content (AvgIpc) is 1.63. The normalized spacial score (nSPS) is 5.23. The quantitative estimate of drug-likeness (QED) is 0.162. The molecule has 0 aromatic heterocycles. The number of carboxylic acids is 2. The molecule has 0 aliphatic rings. The van der Waals surface area contributed by atoms with E-state index in [-0.39, 0.29) is 61.6 Å². The van der Waals surface area contributed by atoms with Gasteiger partial charge in [0.1, 0.15) is 0 Å². The van der Waals surface area contributed by atoms with Crippen LogP contribution in [0.25, 0.3) is 0 Å². The topological polar surface area (TPSA) is 168 Å². The number of carboxylic acid groups (broad SMARTS) is 2. The van der Waals surface area contributed by atoms with Gasteiger partial charge in [0.05, 0.1) is 0 Å². The molecule has 0 bridgehead atoms. The van der Waals surface area contributed by atoms with Crippen molar-refractivity contribution in [3.63, 3.8) is 0 Å². The molecule has 0 aromatic rings. The van der Waals surface area contributed by atoms with Crippen molar-refractivity contribution >= 4 is 11.9 Å². The monoisotopic (exact) mass is 229 g/mol. The smallest absolute Gasteiger partial charge is 0.870 e. The first kappa shape index (κ1) is 29.3. The van der Waals surface area contributed by atoms with Gasteiger partial charge >= 0.3 is 63.3 Å². The van der Waals surface area contributed by atoms with Crippen LogP contribution in [0.1, 0.15) is 0 Å². The third-order valence-corrected chi connectivity index (χ3v) is 0.183. The minimum atomic E-state index is -1.82. The standard InChI is InChI=1S/C2H2O4.FH.K.HNO3.H2O/c3-1(4)2(5)6;;;2-1(3)4;/h(H,3,4)(H,5,6);1H;;(H,2,3,4);1H2/q;;+1;;/p-1. The molecule has 9 nitrogen and oxygen atoms in total. The van der Waals surface area contributed by atoms with Crippen LogP contribution in [-0.4, -0.2) is 37.9 Å². The predicted molar refractivity (Wildman–Crippen MR) is 28.5 cm³/mol. The molecule has 0 amide bonds. The summed E-state index contributed by atoms with van der Waals surface area (Å²) in [7, 11) is 0. The molecule has 0 radical (unpaired) electrons. The molecule has 0 heterocycles. The van der Waals surface area contributed by atoms with Gasteiger partial charge in [-0.05, 0) is 0 Å². The largest absolute Gasteiger partial charge is 1.00 e. The van der Waals surface area contributed by atoms with Crippen LogP contribution in [0.4, 0.5) is 4.70 Å². The van der Waals surface area contributed by atoms with Crippen molar-refractivity contribution in [1.29, 1.82) is 0 Å². The van der Waals surface area contributed by atoms with E-state index in [1.807, 2.05) is 0 Å². The molecule has 74 valence electrons. The van der Waals surface area contributed by atoms with Gasteiger partial charge in [0.2, 0.25) is 0 Å². The molecule has 0 aliphatic heterocycles. The summed E-state index contributed by atoms with van der Waals surface area (Å²) < 4.78 is 0. The van der Waals surface area contributed by atoms with Gasteiger partial charge < -0.3 is 20.9 Å². The second-order valence-corrected chi connectivity index (χ2v) is 0.848. The van der Waals surface area contributed by atoms with Crippen molar-refractivity contribution in [3.8, 4) is 0 Å². The molecule has 0 saturated carbocycles. The van der Waals surface area contributed by atoms with E-state index in [1.165, 1.54) is 0 Å². The van der Waals surface area contributed by atoms with Gasteiger partial charge in [-0.15, -0.1) is 10.1 Å². The van der Waals surface area contributed by atoms with E-state index >= 15 is 0 Å². The zero-order chi connectivity index (χ0) is 8.73. The van der Waals surface area contributed by atoms with Crippen molar-refractivity contribution in [2.75, 3.05) is 0 Å².